The summed E-state index contributed by atoms with van der Waals surface area (Å²) in [5, 5.41) is 15.1. The van der Waals surface area contributed by atoms with E-state index in [-0.39, 0.29) is 5.76 Å². The lowest BCUT2D eigenvalue weighted by molar-refractivity contribution is -0.402. The molecule has 0 bridgehead atoms. The molecule has 1 atom stereocenters. The van der Waals surface area contributed by atoms with Crippen LogP contribution in [-0.4, -0.2) is 21.7 Å². The number of hydrazine groups is 1. The summed E-state index contributed by atoms with van der Waals surface area (Å²) in [6.45, 7) is 0. The zero-order chi connectivity index (χ0) is 20.5. The van der Waals surface area contributed by atoms with Gasteiger partial charge in [0.25, 0.3) is 11.8 Å². The van der Waals surface area contributed by atoms with Gasteiger partial charge in [0.15, 0.2) is 11.9 Å². The quantitative estimate of drug-likeness (QED) is 0.454. The summed E-state index contributed by atoms with van der Waals surface area (Å²) in [7, 11) is 0. The van der Waals surface area contributed by atoms with Gasteiger partial charge in [-0.05, 0) is 42.5 Å². The first kappa shape index (κ1) is 18.7. The smallest absolute Gasteiger partial charge is 0.401 e. The monoisotopic (exact) mass is 456 g/mol. The first-order chi connectivity index (χ1) is 13.9. The number of furan rings is 1. The van der Waals surface area contributed by atoms with Crippen molar-refractivity contribution >= 4 is 39.3 Å². The Kier molecular flexibility index (Phi) is 4.77. The van der Waals surface area contributed by atoms with Crippen molar-refractivity contribution in [2.45, 2.75) is 6.17 Å². The van der Waals surface area contributed by atoms with Gasteiger partial charge in [-0.3, -0.25) is 25.1 Å². The lowest BCUT2D eigenvalue weighted by Crippen LogP contribution is -2.52. The predicted octanol–water partition coefficient (Wildman–Crippen LogP) is 3.86. The number of rotatable bonds is 4. The summed E-state index contributed by atoms with van der Waals surface area (Å²) in [5.74, 6) is -1.35. The van der Waals surface area contributed by atoms with Crippen LogP contribution in [0.15, 0.2) is 69.6 Å². The number of carbonyl (C=O) groups excluding carboxylic acids is 2. The largest absolute Gasteiger partial charge is 0.433 e. The maximum atomic E-state index is 13.1. The summed E-state index contributed by atoms with van der Waals surface area (Å²) in [6, 6.07) is 15.9. The van der Waals surface area contributed by atoms with E-state index in [2.05, 4.69) is 26.7 Å². The van der Waals surface area contributed by atoms with E-state index in [1.807, 2.05) is 0 Å². The summed E-state index contributed by atoms with van der Waals surface area (Å²) >= 11 is 3.30. The van der Waals surface area contributed by atoms with Crippen LogP contribution in [0.3, 0.4) is 0 Å². The fraction of sp³-hybridized carbons (Fsp3) is 0.0526. The Morgan fingerprint density at radius 2 is 1.86 bits per heavy atom. The van der Waals surface area contributed by atoms with E-state index < -0.39 is 28.8 Å². The molecule has 2 N–H and O–H groups in total. The Balaban J connectivity index is 1.70. The van der Waals surface area contributed by atoms with Crippen molar-refractivity contribution in [2.75, 3.05) is 5.32 Å². The maximum absolute atomic E-state index is 13.1. The number of fused-ring (bicyclic) bond motifs is 1. The van der Waals surface area contributed by atoms with E-state index in [4.69, 9.17) is 4.42 Å². The zero-order valence-electron chi connectivity index (χ0n) is 14.7. The first-order valence-electron chi connectivity index (χ1n) is 8.44. The Morgan fingerprint density at radius 3 is 2.55 bits per heavy atom. The van der Waals surface area contributed by atoms with Crippen LogP contribution in [-0.2, 0) is 0 Å². The number of benzene rings is 2. The van der Waals surface area contributed by atoms with Gasteiger partial charge in [0.05, 0.1) is 11.6 Å². The molecule has 0 saturated carbocycles. The van der Waals surface area contributed by atoms with Gasteiger partial charge in [-0.15, -0.1) is 0 Å². The van der Waals surface area contributed by atoms with E-state index in [1.165, 1.54) is 12.1 Å². The number of para-hydroxylation sites is 1. The summed E-state index contributed by atoms with van der Waals surface area (Å²) in [5.41, 5.74) is 3.78. The third kappa shape index (κ3) is 3.57. The van der Waals surface area contributed by atoms with Crippen LogP contribution in [0.1, 0.15) is 32.6 Å². The van der Waals surface area contributed by atoms with E-state index in [1.54, 1.807) is 48.5 Å². The van der Waals surface area contributed by atoms with Gasteiger partial charge in [0.1, 0.15) is 4.92 Å². The van der Waals surface area contributed by atoms with Gasteiger partial charge in [0, 0.05) is 15.7 Å². The number of carbonyl (C=O) groups is 2. The molecule has 4 rings (SSSR count). The molecule has 10 heteroatoms. The highest BCUT2D eigenvalue weighted by molar-refractivity contribution is 9.10. The minimum absolute atomic E-state index is 0.107. The van der Waals surface area contributed by atoms with Crippen LogP contribution in [0.5, 0.6) is 0 Å². The second-order valence-electron chi connectivity index (χ2n) is 6.15. The van der Waals surface area contributed by atoms with E-state index in [9.17, 15) is 19.7 Å². The second-order valence-corrected chi connectivity index (χ2v) is 7.06. The molecule has 1 aliphatic rings. The van der Waals surface area contributed by atoms with Gasteiger partial charge in [0.2, 0.25) is 0 Å². The van der Waals surface area contributed by atoms with Crippen molar-refractivity contribution in [3.8, 4) is 0 Å². The minimum atomic E-state index is -0.967. The number of amides is 2. The summed E-state index contributed by atoms with van der Waals surface area (Å²) in [4.78, 5) is 36.0. The molecule has 29 heavy (non-hydrogen) atoms. The van der Waals surface area contributed by atoms with Crippen LogP contribution in [0.25, 0.3) is 0 Å². The molecule has 2 aromatic carbocycles. The highest BCUT2D eigenvalue weighted by Gasteiger charge is 2.37. The van der Waals surface area contributed by atoms with Gasteiger partial charge in [-0.25, -0.2) is 5.01 Å². The number of halogens is 1. The molecule has 146 valence electrons. The number of anilines is 1. The van der Waals surface area contributed by atoms with E-state index >= 15 is 0 Å². The summed E-state index contributed by atoms with van der Waals surface area (Å²) in [6.07, 6.45) is -0.967. The molecular weight excluding hydrogens is 444 g/mol. The fourth-order valence-corrected chi connectivity index (χ4v) is 3.19. The molecule has 2 heterocycles. The van der Waals surface area contributed by atoms with Crippen LogP contribution in [0, 0.1) is 10.1 Å². The molecule has 2 amide bonds. The SMILES string of the molecule is O=C(NN1C(=O)c2ccccc2N[C@@H]1c1ccc([N+](=O)[O-])o1)c1ccc(Br)cc1. The molecule has 3 aromatic rings. The van der Waals surface area contributed by atoms with Gasteiger partial charge < -0.3 is 9.73 Å². The molecule has 1 aromatic heterocycles. The van der Waals surface area contributed by atoms with Crippen LogP contribution >= 0.6 is 15.9 Å². The van der Waals surface area contributed by atoms with Crippen molar-refractivity contribution in [1.82, 2.24) is 10.4 Å². The molecule has 0 fully saturated rings. The normalized spacial score (nSPS) is 15.4. The van der Waals surface area contributed by atoms with Crippen LogP contribution in [0.4, 0.5) is 11.6 Å². The standard InChI is InChI=1S/C19H13BrN4O5/c20-12-7-5-11(6-8-12)18(25)22-23-17(15-9-10-16(29-15)24(27)28)21-14-4-2-1-3-13(14)19(23)26/h1-10,17,21H,(H,22,25)/t17-/m0/s1. The Bertz CT molecular complexity index is 1110. The van der Waals surface area contributed by atoms with Gasteiger partial charge in [-0.2, -0.15) is 0 Å². The van der Waals surface area contributed by atoms with E-state index in [0.717, 1.165) is 9.48 Å². The lowest BCUT2D eigenvalue weighted by atomic mass is 10.1. The minimum Gasteiger partial charge on any atom is -0.401 e. The average molecular weight is 457 g/mol. The summed E-state index contributed by atoms with van der Waals surface area (Å²) < 4.78 is 6.07. The maximum Gasteiger partial charge on any atom is 0.433 e. The van der Waals surface area contributed by atoms with Crippen molar-refractivity contribution in [2.24, 2.45) is 0 Å². The fourth-order valence-electron chi connectivity index (χ4n) is 2.93. The number of hydrogen-bond acceptors (Lipinski definition) is 6. The number of nitro groups is 1. The highest BCUT2D eigenvalue weighted by Crippen LogP contribution is 2.33. The molecule has 1 aliphatic heterocycles. The Morgan fingerprint density at radius 1 is 1.14 bits per heavy atom. The Labute approximate surface area is 172 Å². The number of nitrogens with zero attached hydrogens (tertiary/aromatic N) is 2. The van der Waals surface area contributed by atoms with Crippen LogP contribution < -0.4 is 10.7 Å². The Hall–Kier alpha value is -3.66. The zero-order valence-corrected chi connectivity index (χ0v) is 16.3. The topological polar surface area (TPSA) is 118 Å². The van der Waals surface area contributed by atoms with Crippen LogP contribution in [0.2, 0.25) is 0 Å². The number of hydrogen-bond donors (Lipinski definition) is 2. The van der Waals surface area contributed by atoms with Crippen molar-refractivity contribution in [3.05, 3.63) is 92.1 Å². The van der Waals surface area contributed by atoms with E-state index in [0.29, 0.717) is 16.8 Å². The van der Waals surface area contributed by atoms with Gasteiger partial charge in [-0.1, -0.05) is 28.1 Å². The van der Waals surface area contributed by atoms with Crippen molar-refractivity contribution in [1.29, 1.82) is 0 Å². The first-order valence-corrected chi connectivity index (χ1v) is 9.23. The predicted molar refractivity (Wildman–Crippen MR) is 106 cm³/mol. The molecule has 0 unspecified atom stereocenters. The molecule has 0 spiro atoms. The third-order valence-corrected chi connectivity index (χ3v) is 4.85. The highest BCUT2D eigenvalue weighted by atomic mass is 79.9. The molecule has 0 radical (unpaired) electrons. The molecule has 9 nitrogen and oxygen atoms in total. The number of nitrogens with one attached hydrogen (secondary N) is 2. The van der Waals surface area contributed by atoms with Crippen molar-refractivity contribution < 1.29 is 18.9 Å². The van der Waals surface area contributed by atoms with Gasteiger partial charge >= 0.3 is 5.88 Å². The third-order valence-electron chi connectivity index (χ3n) is 4.32. The molecule has 0 saturated heterocycles. The van der Waals surface area contributed by atoms with Crippen molar-refractivity contribution in [3.63, 3.8) is 0 Å². The average Bonchev–Trinajstić information content (AvgIpc) is 3.21. The second kappa shape index (κ2) is 7.40. The lowest BCUT2D eigenvalue weighted by Gasteiger charge is -2.36. The molecular formula is C19H13BrN4O5. The molecule has 0 aliphatic carbocycles.